The minimum atomic E-state index is -0.433. The van der Waals surface area contributed by atoms with E-state index >= 15 is 0 Å². The summed E-state index contributed by atoms with van der Waals surface area (Å²) in [6.45, 7) is 3.29. The van der Waals surface area contributed by atoms with Crippen molar-refractivity contribution in [3.05, 3.63) is 65.2 Å². The first kappa shape index (κ1) is 24.0. The molecule has 2 heterocycles. The predicted molar refractivity (Wildman–Crippen MR) is 129 cm³/mol. The van der Waals surface area contributed by atoms with Gasteiger partial charge in [-0.05, 0) is 49.8 Å². The van der Waals surface area contributed by atoms with Gasteiger partial charge in [-0.15, -0.1) is 0 Å². The van der Waals surface area contributed by atoms with Gasteiger partial charge in [0.15, 0.2) is 0 Å². The molecule has 2 atom stereocenters. The van der Waals surface area contributed by atoms with Gasteiger partial charge in [0.2, 0.25) is 0 Å². The number of hydrogen-bond acceptors (Lipinski definition) is 6. The first-order chi connectivity index (χ1) is 16.6. The van der Waals surface area contributed by atoms with Crippen molar-refractivity contribution in [2.45, 2.75) is 64.3 Å². The molecule has 4 rings (SSSR count). The highest BCUT2D eigenvalue weighted by atomic mass is 16.6. The number of fused-ring (bicyclic) bond motifs is 1. The lowest BCUT2D eigenvalue weighted by Gasteiger charge is -2.19. The summed E-state index contributed by atoms with van der Waals surface area (Å²) < 4.78 is 23.1. The number of cyclic esters (lactones) is 1. The monoisotopic (exact) mass is 464 g/mol. The molecule has 1 fully saturated rings. The van der Waals surface area contributed by atoms with Gasteiger partial charge in [0.1, 0.15) is 42.2 Å². The van der Waals surface area contributed by atoms with E-state index in [1.807, 2.05) is 55.5 Å². The van der Waals surface area contributed by atoms with Crippen LogP contribution in [0.2, 0.25) is 0 Å². The van der Waals surface area contributed by atoms with Gasteiger partial charge in [0, 0.05) is 18.9 Å². The van der Waals surface area contributed by atoms with Crippen molar-refractivity contribution in [3.8, 4) is 11.5 Å². The summed E-state index contributed by atoms with van der Waals surface area (Å²) >= 11 is 0. The Balaban J connectivity index is 1.64. The maximum absolute atomic E-state index is 13.2. The summed E-state index contributed by atoms with van der Waals surface area (Å²) in [5.41, 5.74) is 2.12. The van der Waals surface area contributed by atoms with Crippen LogP contribution in [-0.2, 0) is 20.9 Å². The van der Waals surface area contributed by atoms with Gasteiger partial charge in [-0.1, -0.05) is 42.5 Å². The maximum atomic E-state index is 13.2. The molecule has 6 nitrogen and oxygen atoms in total. The van der Waals surface area contributed by atoms with Gasteiger partial charge in [-0.25, -0.2) is 4.79 Å². The Hall–Kier alpha value is -3.12. The lowest BCUT2D eigenvalue weighted by Crippen LogP contribution is -2.18. The van der Waals surface area contributed by atoms with E-state index in [0.717, 1.165) is 18.4 Å². The predicted octanol–water partition coefficient (Wildman–Crippen LogP) is 5.53. The van der Waals surface area contributed by atoms with Gasteiger partial charge >= 0.3 is 5.97 Å². The number of ether oxygens (including phenoxy) is 4. The highest BCUT2D eigenvalue weighted by molar-refractivity contribution is 5.97. The summed E-state index contributed by atoms with van der Waals surface area (Å²) in [5.74, 6) is 0.868. The fourth-order valence-corrected chi connectivity index (χ4v) is 3.89. The standard InChI is InChI=1S/C28H32O6/c1-20-9-8-14-23(29)13-7-3-6-12-22-15-24(31-17-21-10-4-2-5-11-21)16-26(27(22)28(30)34-20)33-19-25-18-32-25/h2,4-6,10-12,15-16,20,25H,3,7-9,13-14,17-19H2,1H3/b12-6+/t20-,25?/m0/s1. The van der Waals surface area contributed by atoms with Crippen LogP contribution in [0.15, 0.2) is 48.5 Å². The van der Waals surface area contributed by atoms with Gasteiger partial charge < -0.3 is 18.9 Å². The van der Waals surface area contributed by atoms with Crippen LogP contribution in [0, 0.1) is 0 Å². The molecule has 0 saturated carbocycles. The molecule has 1 saturated heterocycles. The lowest BCUT2D eigenvalue weighted by atomic mass is 10.0. The van der Waals surface area contributed by atoms with E-state index in [-0.39, 0.29) is 18.0 Å². The van der Waals surface area contributed by atoms with Crippen molar-refractivity contribution >= 4 is 17.8 Å². The minimum Gasteiger partial charge on any atom is -0.490 e. The zero-order valence-corrected chi connectivity index (χ0v) is 19.7. The van der Waals surface area contributed by atoms with Crippen LogP contribution in [-0.4, -0.2) is 37.2 Å². The third kappa shape index (κ3) is 7.19. The number of carbonyl (C=O) groups is 2. The molecule has 0 amide bonds. The molecule has 0 N–H and O–H groups in total. The fraction of sp³-hybridized carbons (Fsp3) is 0.429. The van der Waals surface area contributed by atoms with E-state index in [9.17, 15) is 9.59 Å². The molecule has 180 valence electrons. The fourth-order valence-electron chi connectivity index (χ4n) is 3.89. The van der Waals surface area contributed by atoms with Crippen LogP contribution < -0.4 is 9.47 Å². The molecule has 6 heteroatoms. The Labute approximate surface area is 200 Å². The molecule has 0 aromatic heterocycles. The minimum absolute atomic E-state index is 0.0473. The topological polar surface area (TPSA) is 74.4 Å². The molecule has 0 bridgehead atoms. The van der Waals surface area contributed by atoms with E-state index in [0.29, 0.717) is 68.1 Å². The van der Waals surface area contributed by atoms with Crippen LogP contribution >= 0.6 is 0 Å². The van der Waals surface area contributed by atoms with E-state index in [2.05, 4.69) is 0 Å². The van der Waals surface area contributed by atoms with E-state index in [1.54, 1.807) is 6.07 Å². The van der Waals surface area contributed by atoms with Crippen LogP contribution in [0.4, 0.5) is 0 Å². The average molecular weight is 465 g/mol. The number of allylic oxidation sites excluding steroid dienone is 1. The number of hydrogen-bond donors (Lipinski definition) is 0. The maximum Gasteiger partial charge on any atom is 0.342 e. The van der Waals surface area contributed by atoms with Crippen LogP contribution in [0.1, 0.15) is 66.9 Å². The highest BCUT2D eigenvalue weighted by Gasteiger charge is 2.27. The first-order valence-electron chi connectivity index (χ1n) is 12.1. The smallest absolute Gasteiger partial charge is 0.342 e. The molecule has 0 spiro atoms. The Kier molecular flexibility index (Phi) is 8.36. The molecular formula is C28H32O6. The summed E-state index contributed by atoms with van der Waals surface area (Å²) in [4.78, 5) is 25.3. The molecule has 2 aromatic rings. The van der Waals surface area contributed by atoms with Crippen LogP contribution in [0.5, 0.6) is 11.5 Å². The molecule has 1 unspecified atom stereocenters. The van der Waals surface area contributed by atoms with Gasteiger partial charge in [-0.2, -0.15) is 0 Å². The quantitative estimate of drug-likeness (QED) is 0.414. The van der Waals surface area contributed by atoms with Crippen LogP contribution in [0.3, 0.4) is 0 Å². The highest BCUT2D eigenvalue weighted by Crippen LogP contribution is 2.33. The summed E-state index contributed by atoms with van der Waals surface area (Å²) in [6.07, 6.45) is 7.63. The molecular weight excluding hydrogens is 432 g/mol. The Bertz CT molecular complexity index is 1010. The van der Waals surface area contributed by atoms with Gasteiger partial charge in [0.05, 0.1) is 12.7 Å². The summed E-state index contributed by atoms with van der Waals surface area (Å²) in [6, 6.07) is 13.5. The summed E-state index contributed by atoms with van der Waals surface area (Å²) in [5, 5.41) is 0. The number of esters is 1. The molecule has 2 aliphatic heterocycles. The van der Waals surface area contributed by atoms with Crippen molar-refractivity contribution in [1.29, 1.82) is 0 Å². The molecule has 34 heavy (non-hydrogen) atoms. The number of benzene rings is 2. The molecule has 2 aromatic carbocycles. The van der Waals surface area contributed by atoms with Crippen molar-refractivity contribution in [3.63, 3.8) is 0 Å². The van der Waals surface area contributed by atoms with Crippen molar-refractivity contribution in [2.24, 2.45) is 0 Å². The third-order valence-corrected chi connectivity index (χ3v) is 5.88. The normalized spacial score (nSPS) is 22.1. The Morgan fingerprint density at radius 1 is 1.03 bits per heavy atom. The largest absolute Gasteiger partial charge is 0.490 e. The molecule has 2 aliphatic rings. The van der Waals surface area contributed by atoms with E-state index in [1.165, 1.54) is 0 Å². The van der Waals surface area contributed by atoms with Crippen molar-refractivity contribution < 1.29 is 28.5 Å². The van der Waals surface area contributed by atoms with E-state index in [4.69, 9.17) is 18.9 Å². The number of carbonyl (C=O) groups excluding carboxylic acids is 2. The van der Waals surface area contributed by atoms with Crippen LogP contribution in [0.25, 0.3) is 6.08 Å². The second-order valence-electron chi connectivity index (χ2n) is 8.87. The number of epoxide rings is 1. The van der Waals surface area contributed by atoms with E-state index < -0.39 is 5.97 Å². The Morgan fingerprint density at radius 3 is 2.62 bits per heavy atom. The number of rotatable bonds is 6. The van der Waals surface area contributed by atoms with Gasteiger partial charge in [-0.3, -0.25) is 4.79 Å². The first-order valence-corrected chi connectivity index (χ1v) is 12.1. The second kappa shape index (κ2) is 11.8. The molecule has 0 aliphatic carbocycles. The lowest BCUT2D eigenvalue weighted by molar-refractivity contribution is -0.119. The second-order valence-corrected chi connectivity index (χ2v) is 8.87. The SMILES string of the molecule is C[C@H]1CCCC(=O)CCC/C=C/c2cc(OCc3ccccc3)cc(OCC3CO3)c2C(=O)O1. The van der Waals surface area contributed by atoms with Crippen molar-refractivity contribution in [1.82, 2.24) is 0 Å². The number of ketones is 1. The Morgan fingerprint density at radius 2 is 1.82 bits per heavy atom. The third-order valence-electron chi connectivity index (χ3n) is 5.88. The zero-order valence-electron chi connectivity index (χ0n) is 19.7. The van der Waals surface area contributed by atoms with Gasteiger partial charge in [0.25, 0.3) is 0 Å². The zero-order chi connectivity index (χ0) is 23.8. The average Bonchev–Trinajstić information content (AvgIpc) is 3.65. The van der Waals surface area contributed by atoms with Crippen molar-refractivity contribution in [2.75, 3.05) is 13.2 Å². The number of Topliss-reactive ketones (excluding diaryl/α,β-unsaturated/α-hetero) is 1. The summed E-state index contributed by atoms with van der Waals surface area (Å²) in [7, 11) is 0. The molecule has 0 radical (unpaired) electrons.